The van der Waals surface area contributed by atoms with E-state index in [4.69, 9.17) is 0 Å². The lowest BCUT2D eigenvalue weighted by atomic mass is 10.3. The van der Waals surface area contributed by atoms with Crippen molar-refractivity contribution >= 4 is 9.84 Å². The van der Waals surface area contributed by atoms with Crippen molar-refractivity contribution in [1.82, 2.24) is 0 Å². The first-order valence-electron chi connectivity index (χ1n) is 3.93. The van der Waals surface area contributed by atoms with Gasteiger partial charge in [0.15, 0.2) is 0 Å². The topological polar surface area (TPSA) is 34.1 Å². The van der Waals surface area contributed by atoms with Crippen molar-refractivity contribution < 1.29 is 8.42 Å². The van der Waals surface area contributed by atoms with Crippen LogP contribution in [0, 0.1) is 0 Å². The number of hydrogen-bond acceptors (Lipinski definition) is 2. The Morgan fingerprint density at radius 1 is 1.36 bits per heavy atom. The summed E-state index contributed by atoms with van der Waals surface area (Å²) in [7, 11) is -2.75. The highest BCUT2D eigenvalue weighted by molar-refractivity contribution is 7.91. The molecule has 0 aliphatic heterocycles. The third kappa shape index (κ3) is 6.10. The lowest BCUT2D eigenvalue weighted by Gasteiger charge is -1.99. The molecule has 0 saturated heterocycles. The predicted molar refractivity (Wildman–Crippen MR) is 48.4 cm³/mol. The molecule has 66 valence electrons. The van der Waals surface area contributed by atoms with Crippen molar-refractivity contribution in [3.8, 4) is 0 Å². The van der Waals surface area contributed by atoms with Gasteiger partial charge in [-0.1, -0.05) is 13.0 Å². The molecule has 0 spiro atoms. The predicted octanol–water partition coefficient (Wildman–Crippen LogP) is 1.78. The van der Waals surface area contributed by atoms with E-state index in [0.717, 1.165) is 12.8 Å². The van der Waals surface area contributed by atoms with Crippen LogP contribution in [-0.4, -0.2) is 19.9 Å². The van der Waals surface area contributed by atoms with E-state index in [1.54, 1.807) is 6.08 Å². The van der Waals surface area contributed by atoms with Gasteiger partial charge in [0.1, 0.15) is 9.84 Å². The first-order chi connectivity index (χ1) is 5.12. The summed E-state index contributed by atoms with van der Waals surface area (Å²) in [5.41, 5.74) is 0. The van der Waals surface area contributed by atoms with Crippen LogP contribution in [0.2, 0.25) is 0 Å². The highest BCUT2D eigenvalue weighted by Crippen LogP contribution is 1.99. The van der Waals surface area contributed by atoms with Crippen LogP contribution in [0.5, 0.6) is 0 Å². The molecule has 0 atom stereocenters. The average molecular weight is 176 g/mol. The molecule has 0 saturated carbocycles. The molecule has 0 heterocycles. The number of hydrogen-bond donors (Lipinski definition) is 0. The second kappa shape index (κ2) is 5.35. The van der Waals surface area contributed by atoms with E-state index in [-0.39, 0.29) is 0 Å². The monoisotopic (exact) mass is 176 g/mol. The summed E-state index contributed by atoms with van der Waals surface area (Å²) in [6.07, 6.45) is 3.98. The molecule has 0 aliphatic rings. The van der Waals surface area contributed by atoms with E-state index in [9.17, 15) is 8.42 Å². The van der Waals surface area contributed by atoms with Crippen LogP contribution in [0.4, 0.5) is 0 Å². The molecular weight excluding hydrogens is 160 g/mol. The lowest BCUT2D eigenvalue weighted by molar-refractivity contribution is 0.592. The Hall–Kier alpha value is -0.310. The van der Waals surface area contributed by atoms with Gasteiger partial charge >= 0.3 is 0 Å². The summed E-state index contributed by atoms with van der Waals surface area (Å²) >= 11 is 0. The van der Waals surface area contributed by atoms with E-state index in [0.29, 0.717) is 17.9 Å². The standard InChI is InChI=1S/C8H16O2S/c1-3-5-6-8-11(9,10)7-4-2/h3H,1,4-8H2,2H3. The number of sulfone groups is 1. The Morgan fingerprint density at radius 3 is 2.45 bits per heavy atom. The Balaban J connectivity index is 3.64. The third-order valence-corrected chi connectivity index (χ3v) is 3.32. The molecule has 11 heavy (non-hydrogen) atoms. The van der Waals surface area contributed by atoms with Gasteiger partial charge in [0.2, 0.25) is 0 Å². The highest BCUT2D eigenvalue weighted by Gasteiger charge is 2.06. The summed E-state index contributed by atoms with van der Waals surface area (Å²) < 4.78 is 22.1. The number of unbranched alkanes of at least 4 members (excludes halogenated alkanes) is 1. The minimum atomic E-state index is -2.75. The van der Waals surface area contributed by atoms with Crippen LogP contribution in [0.25, 0.3) is 0 Å². The summed E-state index contributed by atoms with van der Waals surface area (Å²) in [6.45, 7) is 5.41. The fraction of sp³-hybridized carbons (Fsp3) is 0.750. The second-order valence-electron chi connectivity index (χ2n) is 2.58. The molecule has 0 bridgehead atoms. The molecule has 3 heteroatoms. The summed E-state index contributed by atoms with van der Waals surface area (Å²) in [5, 5.41) is 0. The fourth-order valence-electron chi connectivity index (χ4n) is 0.861. The molecule has 0 radical (unpaired) electrons. The van der Waals surface area contributed by atoms with Crippen LogP contribution in [0.15, 0.2) is 12.7 Å². The minimum Gasteiger partial charge on any atom is -0.229 e. The van der Waals surface area contributed by atoms with Gasteiger partial charge < -0.3 is 0 Å². The van der Waals surface area contributed by atoms with Gasteiger partial charge in [0.05, 0.1) is 5.75 Å². The van der Waals surface area contributed by atoms with E-state index in [2.05, 4.69) is 6.58 Å². The Labute approximate surface area is 69.2 Å². The maximum absolute atomic E-state index is 11.1. The minimum absolute atomic E-state index is 0.312. The van der Waals surface area contributed by atoms with Crippen molar-refractivity contribution in [2.75, 3.05) is 11.5 Å². The van der Waals surface area contributed by atoms with Crippen molar-refractivity contribution in [2.45, 2.75) is 26.2 Å². The van der Waals surface area contributed by atoms with Gasteiger partial charge in [-0.3, -0.25) is 0 Å². The molecular formula is C8H16O2S. The lowest BCUT2D eigenvalue weighted by Crippen LogP contribution is -2.09. The molecule has 0 aliphatic carbocycles. The summed E-state index contributed by atoms with van der Waals surface area (Å²) in [5.74, 6) is 0.636. The Kier molecular flexibility index (Phi) is 5.20. The zero-order valence-electron chi connectivity index (χ0n) is 7.04. The summed E-state index contributed by atoms with van der Waals surface area (Å²) in [6, 6.07) is 0. The Morgan fingerprint density at radius 2 is 2.00 bits per heavy atom. The van der Waals surface area contributed by atoms with Crippen LogP contribution >= 0.6 is 0 Å². The molecule has 0 aromatic rings. The number of allylic oxidation sites excluding steroid dienone is 1. The van der Waals surface area contributed by atoms with Crippen molar-refractivity contribution in [1.29, 1.82) is 0 Å². The molecule has 0 unspecified atom stereocenters. The first-order valence-corrected chi connectivity index (χ1v) is 5.76. The van der Waals surface area contributed by atoms with Crippen LogP contribution in [0.3, 0.4) is 0 Å². The van der Waals surface area contributed by atoms with Crippen molar-refractivity contribution in [3.63, 3.8) is 0 Å². The van der Waals surface area contributed by atoms with Gasteiger partial charge in [0, 0.05) is 5.75 Å². The molecule has 0 fully saturated rings. The quantitative estimate of drug-likeness (QED) is 0.456. The van der Waals surface area contributed by atoms with Gasteiger partial charge in [-0.05, 0) is 19.3 Å². The zero-order chi connectivity index (χ0) is 8.74. The molecule has 0 amide bonds. The summed E-state index contributed by atoms with van der Waals surface area (Å²) in [4.78, 5) is 0. The smallest absolute Gasteiger partial charge is 0.150 e. The third-order valence-electron chi connectivity index (χ3n) is 1.38. The van der Waals surface area contributed by atoms with E-state index in [1.807, 2.05) is 6.92 Å². The first kappa shape index (κ1) is 10.7. The SMILES string of the molecule is C=CCCCS(=O)(=O)CCC. The van der Waals surface area contributed by atoms with Crippen molar-refractivity contribution in [3.05, 3.63) is 12.7 Å². The van der Waals surface area contributed by atoms with E-state index >= 15 is 0 Å². The van der Waals surface area contributed by atoms with Gasteiger partial charge in [0.25, 0.3) is 0 Å². The van der Waals surface area contributed by atoms with E-state index in [1.165, 1.54) is 0 Å². The van der Waals surface area contributed by atoms with Crippen LogP contribution in [0.1, 0.15) is 26.2 Å². The second-order valence-corrected chi connectivity index (χ2v) is 4.89. The van der Waals surface area contributed by atoms with Gasteiger partial charge in [-0.25, -0.2) is 8.42 Å². The maximum Gasteiger partial charge on any atom is 0.150 e. The number of rotatable bonds is 6. The molecule has 0 N–H and O–H groups in total. The Bertz CT molecular complexity index is 192. The van der Waals surface area contributed by atoms with Gasteiger partial charge in [-0.2, -0.15) is 0 Å². The normalized spacial score (nSPS) is 11.4. The fourth-order valence-corrected chi connectivity index (χ4v) is 2.29. The largest absolute Gasteiger partial charge is 0.229 e. The maximum atomic E-state index is 11.1. The van der Waals surface area contributed by atoms with Crippen LogP contribution in [-0.2, 0) is 9.84 Å². The van der Waals surface area contributed by atoms with Crippen LogP contribution < -0.4 is 0 Å². The van der Waals surface area contributed by atoms with Gasteiger partial charge in [-0.15, -0.1) is 6.58 Å². The molecule has 0 rings (SSSR count). The van der Waals surface area contributed by atoms with E-state index < -0.39 is 9.84 Å². The van der Waals surface area contributed by atoms with Crippen molar-refractivity contribution in [2.24, 2.45) is 0 Å². The highest BCUT2D eigenvalue weighted by atomic mass is 32.2. The molecule has 0 aromatic carbocycles. The average Bonchev–Trinajstić information content (AvgIpc) is 1.87. The molecule has 2 nitrogen and oxygen atoms in total. The zero-order valence-corrected chi connectivity index (χ0v) is 7.86. The molecule has 0 aromatic heterocycles.